The van der Waals surface area contributed by atoms with Crippen LogP contribution in [0.4, 0.5) is 5.82 Å². The number of rotatable bonds is 7. The van der Waals surface area contributed by atoms with Gasteiger partial charge in [0.1, 0.15) is 11.3 Å². The Morgan fingerprint density at radius 1 is 1.11 bits per heavy atom. The smallest absolute Gasteiger partial charge is 0.225 e. The topological polar surface area (TPSA) is 71.8 Å². The lowest BCUT2D eigenvalue weighted by Crippen LogP contribution is -2.43. The van der Waals surface area contributed by atoms with Gasteiger partial charge in [0.15, 0.2) is 5.82 Å². The molecular weight excluding hydrogens is 450 g/mol. The first-order valence-corrected chi connectivity index (χ1v) is 12.7. The number of benzene rings is 2. The van der Waals surface area contributed by atoms with E-state index in [9.17, 15) is 4.79 Å². The molecule has 0 spiro atoms. The Hall–Kier alpha value is -3.87. The molecule has 5 rings (SSSR count). The lowest BCUT2D eigenvalue weighted by Gasteiger charge is -2.33. The number of nitrogens with zero attached hydrogens (tertiary/aromatic N) is 4. The van der Waals surface area contributed by atoms with Crippen molar-refractivity contribution in [2.24, 2.45) is 5.92 Å². The number of amides is 1. The third kappa shape index (κ3) is 5.05. The lowest BCUT2D eigenvalue weighted by molar-refractivity contribution is -0.125. The number of hydrogen-bond donors (Lipinski definition) is 1. The van der Waals surface area contributed by atoms with Crippen LogP contribution in [0.15, 0.2) is 60.9 Å². The Morgan fingerprint density at radius 3 is 2.72 bits per heavy atom. The van der Waals surface area contributed by atoms with Gasteiger partial charge in [-0.05, 0) is 74.6 Å². The number of nitrogens with one attached hydrogen (secondary N) is 1. The molecule has 0 bridgehead atoms. The van der Waals surface area contributed by atoms with Gasteiger partial charge in [0.05, 0.1) is 18.2 Å². The zero-order chi connectivity index (χ0) is 25.1. The molecule has 7 nitrogen and oxygen atoms in total. The van der Waals surface area contributed by atoms with Gasteiger partial charge in [-0.2, -0.15) is 5.10 Å². The van der Waals surface area contributed by atoms with E-state index in [4.69, 9.17) is 14.8 Å². The van der Waals surface area contributed by atoms with Crippen molar-refractivity contribution in [3.05, 3.63) is 77.6 Å². The SMILES string of the molecule is CCOc1ccc(CNC(=O)[C@H]2CCCN(c3nccn4nc(-c5ccc(C)c(C)c5)cc34)C2)cc1. The fraction of sp³-hybridized carbons (Fsp3) is 0.345. The van der Waals surface area contributed by atoms with Crippen molar-refractivity contribution in [1.82, 2.24) is 19.9 Å². The number of hydrogen-bond acceptors (Lipinski definition) is 5. The number of ether oxygens (including phenoxy) is 1. The van der Waals surface area contributed by atoms with E-state index in [1.54, 1.807) is 6.20 Å². The molecule has 2 aromatic carbocycles. The van der Waals surface area contributed by atoms with E-state index in [1.807, 2.05) is 41.9 Å². The third-order valence-electron chi connectivity index (χ3n) is 6.97. The van der Waals surface area contributed by atoms with Crippen LogP contribution in [0.1, 0.15) is 36.5 Å². The van der Waals surface area contributed by atoms with Gasteiger partial charge >= 0.3 is 0 Å². The molecule has 186 valence electrons. The van der Waals surface area contributed by atoms with E-state index in [2.05, 4.69) is 48.3 Å². The molecule has 7 heteroatoms. The van der Waals surface area contributed by atoms with E-state index in [0.717, 1.165) is 53.3 Å². The first kappa shape index (κ1) is 23.9. The van der Waals surface area contributed by atoms with Crippen molar-refractivity contribution in [2.75, 3.05) is 24.6 Å². The number of carbonyl (C=O) groups is 1. The first-order valence-electron chi connectivity index (χ1n) is 12.7. The van der Waals surface area contributed by atoms with Crippen LogP contribution >= 0.6 is 0 Å². The maximum atomic E-state index is 13.0. The normalized spacial score (nSPS) is 15.8. The van der Waals surface area contributed by atoms with E-state index in [1.165, 1.54) is 11.1 Å². The van der Waals surface area contributed by atoms with Crippen molar-refractivity contribution in [3.8, 4) is 17.0 Å². The molecule has 1 saturated heterocycles. The molecule has 36 heavy (non-hydrogen) atoms. The highest BCUT2D eigenvalue weighted by Gasteiger charge is 2.27. The van der Waals surface area contributed by atoms with Crippen LogP contribution in [-0.2, 0) is 11.3 Å². The summed E-state index contributed by atoms with van der Waals surface area (Å²) in [7, 11) is 0. The molecule has 1 amide bonds. The maximum Gasteiger partial charge on any atom is 0.225 e. The molecule has 2 aromatic heterocycles. The van der Waals surface area contributed by atoms with Crippen molar-refractivity contribution < 1.29 is 9.53 Å². The molecule has 1 N–H and O–H groups in total. The molecule has 3 heterocycles. The number of aromatic nitrogens is 3. The number of piperidine rings is 1. The molecule has 0 aliphatic carbocycles. The summed E-state index contributed by atoms with van der Waals surface area (Å²) in [4.78, 5) is 20.0. The number of anilines is 1. The summed E-state index contributed by atoms with van der Waals surface area (Å²) in [5.41, 5.74) is 6.56. The molecule has 0 saturated carbocycles. The summed E-state index contributed by atoms with van der Waals surface area (Å²) in [5.74, 6) is 1.73. The summed E-state index contributed by atoms with van der Waals surface area (Å²) in [5, 5.41) is 7.93. The minimum absolute atomic E-state index is 0.0781. The molecule has 0 radical (unpaired) electrons. The fourth-order valence-electron chi connectivity index (χ4n) is 4.78. The number of aryl methyl sites for hydroxylation is 2. The summed E-state index contributed by atoms with van der Waals surface area (Å²) in [6.45, 7) is 8.88. The molecule has 0 unspecified atom stereocenters. The molecule has 1 aliphatic heterocycles. The van der Waals surface area contributed by atoms with Crippen LogP contribution in [0.5, 0.6) is 5.75 Å². The zero-order valence-electron chi connectivity index (χ0n) is 21.2. The van der Waals surface area contributed by atoms with Gasteiger partial charge in [0, 0.05) is 37.6 Å². The Bertz CT molecular complexity index is 1360. The maximum absolute atomic E-state index is 13.0. The van der Waals surface area contributed by atoms with Gasteiger partial charge in [-0.3, -0.25) is 4.79 Å². The third-order valence-corrected chi connectivity index (χ3v) is 6.97. The lowest BCUT2D eigenvalue weighted by atomic mass is 9.97. The van der Waals surface area contributed by atoms with Crippen LogP contribution in [0, 0.1) is 19.8 Å². The van der Waals surface area contributed by atoms with Crippen molar-refractivity contribution >= 4 is 17.2 Å². The second kappa shape index (κ2) is 10.4. The van der Waals surface area contributed by atoms with Crippen molar-refractivity contribution in [3.63, 3.8) is 0 Å². The van der Waals surface area contributed by atoms with Crippen LogP contribution in [0.2, 0.25) is 0 Å². The highest BCUT2D eigenvalue weighted by Crippen LogP contribution is 2.29. The predicted octanol–water partition coefficient (Wildman–Crippen LogP) is 4.94. The van der Waals surface area contributed by atoms with Crippen molar-refractivity contribution in [2.45, 2.75) is 40.2 Å². The second-order valence-electron chi connectivity index (χ2n) is 9.49. The molecule has 1 fully saturated rings. The van der Waals surface area contributed by atoms with Crippen LogP contribution in [0.3, 0.4) is 0 Å². The van der Waals surface area contributed by atoms with Gasteiger partial charge < -0.3 is 15.0 Å². The van der Waals surface area contributed by atoms with Gasteiger partial charge in [0.2, 0.25) is 5.91 Å². The Labute approximate surface area is 212 Å². The van der Waals surface area contributed by atoms with Gasteiger partial charge in [0.25, 0.3) is 0 Å². The highest BCUT2D eigenvalue weighted by molar-refractivity contribution is 5.81. The van der Waals surface area contributed by atoms with Crippen LogP contribution in [0.25, 0.3) is 16.8 Å². The van der Waals surface area contributed by atoms with Gasteiger partial charge in [-0.1, -0.05) is 24.3 Å². The van der Waals surface area contributed by atoms with Crippen LogP contribution in [-0.4, -0.2) is 40.2 Å². The Kier molecular flexibility index (Phi) is 6.89. The van der Waals surface area contributed by atoms with E-state index >= 15 is 0 Å². The average Bonchev–Trinajstić information content (AvgIpc) is 3.34. The molecule has 1 atom stereocenters. The quantitative estimate of drug-likeness (QED) is 0.403. The fourth-order valence-corrected chi connectivity index (χ4v) is 4.78. The van der Waals surface area contributed by atoms with E-state index in [-0.39, 0.29) is 11.8 Å². The Balaban J connectivity index is 1.29. The second-order valence-corrected chi connectivity index (χ2v) is 9.49. The summed E-state index contributed by atoms with van der Waals surface area (Å²) in [6, 6.07) is 16.4. The number of carbonyl (C=O) groups excluding carboxylic acids is 1. The minimum atomic E-state index is -0.0781. The van der Waals surface area contributed by atoms with E-state index in [0.29, 0.717) is 19.7 Å². The summed E-state index contributed by atoms with van der Waals surface area (Å²) in [6.07, 6.45) is 5.49. The average molecular weight is 484 g/mol. The molecule has 1 aliphatic rings. The Morgan fingerprint density at radius 2 is 1.94 bits per heavy atom. The summed E-state index contributed by atoms with van der Waals surface area (Å²) < 4.78 is 7.39. The summed E-state index contributed by atoms with van der Waals surface area (Å²) >= 11 is 0. The van der Waals surface area contributed by atoms with Gasteiger partial charge in [-0.15, -0.1) is 0 Å². The monoisotopic (exact) mass is 483 g/mol. The van der Waals surface area contributed by atoms with Gasteiger partial charge in [-0.25, -0.2) is 9.50 Å². The largest absolute Gasteiger partial charge is 0.494 e. The van der Waals surface area contributed by atoms with E-state index < -0.39 is 0 Å². The molecule has 4 aromatic rings. The highest BCUT2D eigenvalue weighted by atomic mass is 16.5. The molecular formula is C29H33N5O2. The number of fused-ring (bicyclic) bond motifs is 1. The van der Waals surface area contributed by atoms with Crippen LogP contribution < -0.4 is 15.0 Å². The zero-order valence-corrected chi connectivity index (χ0v) is 21.2. The minimum Gasteiger partial charge on any atom is -0.494 e. The van der Waals surface area contributed by atoms with Crippen molar-refractivity contribution in [1.29, 1.82) is 0 Å². The first-order chi connectivity index (χ1) is 17.5. The predicted molar refractivity (Wildman–Crippen MR) is 142 cm³/mol. The standard InChI is InChI=1S/C29H33N5O2/c1-4-36-25-11-8-22(9-12-25)18-31-29(35)24-6-5-14-33(19-24)28-27-17-26(32-34(27)15-13-30-28)23-10-7-20(2)21(3)16-23/h7-13,15-17,24H,4-6,14,18-19H2,1-3H3,(H,31,35)/t24-/m0/s1.